The molecular weight excluding hydrogens is 296 g/mol. The third-order valence-corrected chi connectivity index (χ3v) is 5.61. The Labute approximate surface area is 125 Å². The highest BCUT2D eigenvalue weighted by Crippen LogP contribution is 2.22. The maximum absolute atomic E-state index is 12.1. The summed E-state index contributed by atoms with van der Waals surface area (Å²) in [6, 6.07) is 0. The van der Waals surface area contributed by atoms with Crippen molar-refractivity contribution in [1.82, 2.24) is 9.88 Å². The van der Waals surface area contributed by atoms with Gasteiger partial charge in [-0.15, -0.1) is 11.3 Å². The van der Waals surface area contributed by atoms with E-state index >= 15 is 0 Å². The second kappa shape index (κ2) is 6.22. The summed E-state index contributed by atoms with van der Waals surface area (Å²) in [7, 11) is -1.06. The van der Waals surface area contributed by atoms with E-state index in [1.165, 1.54) is 11.3 Å². The molecule has 0 bridgehead atoms. The molecule has 0 aliphatic carbocycles. The van der Waals surface area contributed by atoms with E-state index < -0.39 is 16.4 Å². The van der Waals surface area contributed by atoms with Gasteiger partial charge < -0.3 is 9.64 Å². The fourth-order valence-electron chi connectivity index (χ4n) is 2.07. The first kappa shape index (κ1) is 15.4. The molecule has 1 aliphatic heterocycles. The van der Waals surface area contributed by atoms with Gasteiger partial charge in [0.25, 0.3) is 0 Å². The predicted octanol–water partition coefficient (Wildman–Crippen LogP) is 2.51. The molecule has 7 heteroatoms. The van der Waals surface area contributed by atoms with Gasteiger partial charge >= 0.3 is 6.09 Å². The number of aromatic nitrogens is 1. The van der Waals surface area contributed by atoms with Crippen LogP contribution in [0, 0.1) is 5.92 Å². The summed E-state index contributed by atoms with van der Waals surface area (Å²) in [4.78, 5) is 17.7. The van der Waals surface area contributed by atoms with Crippen molar-refractivity contribution in [3.63, 3.8) is 0 Å². The number of nitrogens with zero attached hydrogens (tertiary/aromatic N) is 2. The molecule has 0 unspecified atom stereocenters. The molecule has 1 aliphatic rings. The molecule has 1 fully saturated rings. The first-order valence-corrected chi connectivity index (χ1v) is 8.81. The lowest BCUT2D eigenvalue weighted by molar-refractivity contribution is 0.0289. The van der Waals surface area contributed by atoms with Gasteiger partial charge in [-0.2, -0.15) is 0 Å². The molecule has 112 valence electrons. The van der Waals surface area contributed by atoms with Gasteiger partial charge in [0, 0.05) is 30.4 Å². The van der Waals surface area contributed by atoms with E-state index in [4.69, 9.17) is 4.74 Å². The molecule has 0 N–H and O–H groups in total. The third-order valence-electron chi connectivity index (χ3n) is 2.93. The topological polar surface area (TPSA) is 59.5 Å². The normalized spacial score (nSPS) is 20.9. The Morgan fingerprint density at radius 1 is 1.60 bits per heavy atom. The van der Waals surface area contributed by atoms with Gasteiger partial charge in [-0.3, -0.25) is 4.21 Å². The van der Waals surface area contributed by atoms with E-state index in [1.54, 1.807) is 11.1 Å². The van der Waals surface area contributed by atoms with Crippen LogP contribution < -0.4 is 0 Å². The van der Waals surface area contributed by atoms with Crippen molar-refractivity contribution in [2.45, 2.75) is 37.1 Å². The molecule has 5 nitrogen and oxygen atoms in total. The number of rotatable bonds is 3. The summed E-state index contributed by atoms with van der Waals surface area (Å²) >= 11 is 1.41. The van der Waals surface area contributed by atoms with Gasteiger partial charge in [-0.25, -0.2) is 9.78 Å². The molecule has 2 heterocycles. The molecule has 0 saturated carbocycles. The zero-order chi connectivity index (χ0) is 14.8. The molecule has 0 aromatic carbocycles. The first-order valence-electron chi connectivity index (χ1n) is 6.61. The highest BCUT2D eigenvalue weighted by Gasteiger charge is 2.31. The van der Waals surface area contributed by atoms with Crippen LogP contribution in [0.4, 0.5) is 4.79 Å². The summed E-state index contributed by atoms with van der Waals surface area (Å²) < 4.78 is 18.1. The van der Waals surface area contributed by atoms with Gasteiger partial charge in [-0.1, -0.05) is 0 Å². The Balaban J connectivity index is 1.83. The average Bonchev–Trinajstić information content (AvgIpc) is 2.97. The fourth-order valence-corrected chi connectivity index (χ4v) is 4.25. The Morgan fingerprint density at radius 2 is 2.35 bits per heavy atom. The zero-order valence-corrected chi connectivity index (χ0v) is 13.6. The van der Waals surface area contributed by atoms with Crippen molar-refractivity contribution in [2.75, 3.05) is 18.8 Å². The van der Waals surface area contributed by atoms with Crippen molar-refractivity contribution < 1.29 is 13.7 Å². The summed E-state index contributed by atoms with van der Waals surface area (Å²) in [5, 5.41) is 1.83. The second-order valence-corrected chi connectivity index (χ2v) is 8.46. The summed E-state index contributed by atoms with van der Waals surface area (Å²) in [6.07, 6.45) is 2.26. The lowest BCUT2D eigenvalue weighted by Gasteiger charge is -2.24. The molecule has 20 heavy (non-hydrogen) atoms. The van der Waals surface area contributed by atoms with E-state index in [9.17, 15) is 9.00 Å². The third kappa shape index (κ3) is 4.28. The molecule has 0 spiro atoms. The van der Waals surface area contributed by atoms with Crippen molar-refractivity contribution in [1.29, 1.82) is 0 Å². The summed E-state index contributed by atoms with van der Waals surface area (Å²) in [5.41, 5.74) is -0.473. The lowest BCUT2D eigenvalue weighted by Crippen LogP contribution is -2.35. The molecular formula is C13H20N2O3S2. The number of ether oxygens (including phenoxy) is 1. The molecule has 1 amide bonds. The number of likely N-dealkylation sites (tertiary alicyclic amines) is 1. The number of amides is 1. The SMILES string of the molecule is CC(C)(C)OC(=O)N1CC[C@H](C[S@](=O)c2nccs2)C1. The lowest BCUT2D eigenvalue weighted by atomic mass is 10.2. The van der Waals surface area contributed by atoms with E-state index in [0.29, 0.717) is 23.2 Å². The molecule has 2 atom stereocenters. The predicted molar refractivity (Wildman–Crippen MR) is 79.3 cm³/mol. The minimum Gasteiger partial charge on any atom is -0.444 e. The summed E-state index contributed by atoms with van der Waals surface area (Å²) in [5.74, 6) is 0.819. The van der Waals surface area contributed by atoms with E-state index in [0.717, 1.165) is 6.42 Å². The highest BCUT2D eigenvalue weighted by atomic mass is 32.2. The number of hydrogen-bond donors (Lipinski definition) is 0. The minimum absolute atomic E-state index is 0.257. The maximum atomic E-state index is 12.1. The van der Waals surface area contributed by atoms with Crippen LogP contribution in [-0.4, -0.2) is 44.6 Å². The largest absolute Gasteiger partial charge is 0.444 e. The van der Waals surface area contributed by atoms with Crippen molar-refractivity contribution >= 4 is 28.2 Å². The van der Waals surface area contributed by atoms with Gasteiger partial charge in [0.15, 0.2) is 4.34 Å². The van der Waals surface area contributed by atoms with Crippen LogP contribution in [0.15, 0.2) is 15.9 Å². The minimum atomic E-state index is -1.06. The summed E-state index contributed by atoms with van der Waals surface area (Å²) in [6.45, 7) is 6.86. The van der Waals surface area contributed by atoms with Crippen molar-refractivity contribution in [3.8, 4) is 0 Å². The van der Waals surface area contributed by atoms with E-state index in [-0.39, 0.29) is 12.0 Å². The van der Waals surface area contributed by atoms with Crippen LogP contribution in [0.3, 0.4) is 0 Å². The Morgan fingerprint density at radius 3 is 2.95 bits per heavy atom. The standard InChI is InChI=1S/C13H20N2O3S2/c1-13(2,3)18-12(16)15-6-4-10(8-15)9-20(17)11-14-5-7-19-11/h5,7,10H,4,6,8-9H2,1-3H3/t10-,20-/m0/s1. The van der Waals surface area contributed by atoms with Gasteiger partial charge in [0.2, 0.25) is 0 Å². The number of carbonyl (C=O) groups excluding carboxylic acids is 1. The van der Waals surface area contributed by atoms with Gasteiger partial charge in [0.1, 0.15) is 5.60 Å². The van der Waals surface area contributed by atoms with Crippen LogP contribution in [0.2, 0.25) is 0 Å². The Bertz CT molecular complexity index is 482. The van der Waals surface area contributed by atoms with Crippen LogP contribution in [0.1, 0.15) is 27.2 Å². The zero-order valence-electron chi connectivity index (χ0n) is 12.0. The van der Waals surface area contributed by atoms with E-state index in [2.05, 4.69) is 4.98 Å². The van der Waals surface area contributed by atoms with Crippen LogP contribution in [0.5, 0.6) is 0 Å². The smallest absolute Gasteiger partial charge is 0.410 e. The van der Waals surface area contributed by atoms with Gasteiger partial charge in [-0.05, 0) is 33.1 Å². The van der Waals surface area contributed by atoms with Crippen molar-refractivity contribution in [2.24, 2.45) is 5.92 Å². The molecule has 2 rings (SSSR count). The molecule has 0 radical (unpaired) electrons. The maximum Gasteiger partial charge on any atom is 0.410 e. The second-order valence-electron chi connectivity index (χ2n) is 5.89. The monoisotopic (exact) mass is 316 g/mol. The number of carbonyl (C=O) groups is 1. The fraction of sp³-hybridized carbons (Fsp3) is 0.692. The number of thiazole rings is 1. The average molecular weight is 316 g/mol. The highest BCUT2D eigenvalue weighted by molar-refractivity contribution is 7.87. The van der Waals surface area contributed by atoms with Crippen LogP contribution in [-0.2, 0) is 15.5 Å². The van der Waals surface area contributed by atoms with Crippen LogP contribution >= 0.6 is 11.3 Å². The van der Waals surface area contributed by atoms with Crippen molar-refractivity contribution in [3.05, 3.63) is 11.6 Å². The van der Waals surface area contributed by atoms with E-state index in [1.807, 2.05) is 26.2 Å². The Kier molecular flexibility index (Phi) is 4.80. The molecule has 1 saturated heterocycles. The number of hydrogen-bond acceptors (Lipinski definition) is 5. The first-order chi connectivity index (χ1) is 9.35. The Hall–Kier alpha value is -0.950. The van der Waals surface area contributed by atoms with Gasteiger partial charge in [0.05, 0.1) is 10.8 Å². The van der Waals surface area contributed by atoms with Crippen LogP contribution in [0.25, 0.3) is 0 Å². The quantitative estimate of drug-likeness (QED) is 0.859. The molecule has 1 aromatic rings. The molecule has 1 aromatic heterocycles.